The quantitative estimate of drug-likeness (QED) is 0.767. The number of rotatable bonds is 4. The summed E-state index contributed by atoms with van der Waals surface area (Å²) in [4.78, 5) is 22.5. The average molecular weight is 282 g/mol. The maximum Gasteiger partial charge on any atom is 0.328 e. The van der Waals surface area contributed by atoms with Crippen molar-refractivity contribution < 1.29 is 24.5 Å². The van der Waals surface area contributed by atoms with Gasteiger partial charge in [0.1, 0.15) is 17.0 Å². The molecule has 0 spiro atoms. The van der Waals surface area contributed by atoms with Gasteiger partial charge in [0.15, 0.2) is 0 Å². The summed E-state index contributed by atoms with van der Waals surface area (Å²) < 4.78 is 5.76. The highest BCUT2D eigenvalue weighted by molar-refractivity contribution is 5.82. The zero-order chi connectivity index (χ0) is 15.2. The molecule has 1 aliphatic carbocycles. The molecule has 2 bridgehead atoms. The number of aliphatic hydroxyl groups is 1. The van der Waals surface area contributed by atoms with E-state index in [0.717, 1.165) is 6.08 Å². The van der Waals surface area contributed by atoms with Crippen molar-refractivity contribution in [1.29, 1.82) is 0 Å². The van der Waals surface area contributed by atoms with E-state index in [1.54, 1.807) is 13.8 Å². The van der Waals surface area contributed by atoms with E-state index in [2.05, 4.69) is 0 Å². The van der Waals surface area contributed by atoms with Gasteiger partial charge in [-0.1, -0.05) is 12.5 Å². The standard InChI is InChI=1S/C15H22O5/c1-10(6-12(17)18)4-5-15(19)13(2)7-11(16)8-14(15,3)20-9-13/h6,19H,4-5,7-9H2,1-3H3,(H,17,18)/b10-6-/t13-,14-,15+/m1/s1. The number of carboxylic acids is 1. The van der Waals surface area contributed by atoms with E-state index in [4.69, 9.17) is 9.84 Å². The van der Waals surface area contributed by atoms with Crippen LogP contribution in [0.25, 0.3) is 0 Å². The fraction of sp³-hybridized carbons (Fsp3) is 0.733. The van der Waals surface area contributed by atoms with E-state index in [1.165, 1.54) is 0 Å². The minimum atomic E-state index is -1.10. The number of hydrogen-bond donors (Lipinski definition) is 2. The molecule has 2 rings (SSSR count). The van der Waals surface area contributed by atoms with Gasteiger partial charge in [0.25, 0.3) is 0 Å². The Labute approximate surface area is 118 Å². The molecule has 2 N–H and O–H groups in total. The number of Topliss-reactive ketones (excluding diaryl/α,β-unsaturated/α-hetero) is 1. The summed E-state index contributed by atoms with van der Waals surface area (Å²) in [5, 5.41) is 19.9. The van der Waals surface area contributed by atoms with Gasteiger partial charge < -0.3 is 14.9 Å². The van der Waals surface area contributed by atoms with E-state index >= 15 is 0 Å². The first kappa shape index (κ1) is 15.2. The van der Waals surface area contributed by atoms with E-state index < -0.39 is 22.6 Å². The molecule has 0 aromatic carbocycles. The maximum atomic E-state index is 11.8. The van der Waals surface area contributed by atoms with Gasteiger partial charge in [0.2, 0.25) is 0 Å². The van der Waals surface area contributed by atoms with E-state index in [-0.39, 0.29) is 12.2 Å². The molecule has 1 heterocycles. The lowest BCUT2D eigenvalue weighted by atomic mass is 9.58. The van der Waals surface area contributed by atoms with Crippen molar-refractivity contribution in [2.24, 2.45) is 5.41 Å². The second-order valence-electron chi connectivity index (χ2n) is 6.66. The first-order chi connectivity index (χ1) is 9.12. The Hall–Kier alpha value is -1.20. The molecule has 1 saturated heterocycles. The van der Waals surface area contributed by atoms with Gasteiger partial charge in [-0.2, -0.15) is 0 Å². The molecule has 1 saturated carbocycles. The van der Waals surface area contributed by atoms with Crippen molar-refractivity contribution in [1.82, 2.24) is 0 Å². The molecule has 0 amide bonds. The molecule has 0 aromatic heterocycles. The number of allylic oxidation sites excluding steroid dienone is 1. The first-order valence-electron chi connectivity index (χ1n) is 6.90. The predicted molar refractivity (Wildman–Crippen MR) is 72.3 cm³/mol. The van der Waals surface area contributed by atoms with Gasteiger partial charge in [-0.25, -0.2) is 4.79 Å². The fourth-order valence-electron chi connectivity index (χ4n) is 3.69. The third-order valence-corrected chi connectivity index (χ3v) is 4.96. The Bertz CT molecular complexity index is 459. The van der Waals surface area contributed by atoms with Crippen LogP contribution in [0.4, 0.5) is 0 Å². The van der Waals surface area contributed by atoms with Crippen LogP contribution in [-0.4, -0.2) is 39.8 Å². The Balaban J connectivity index is 2.21. The number of carbonyl (C=O) groups is 2. The molecule has 1 aliphatic heterocycles. The summed E-state index contributed by atoms with van der Waals surface area (Å²) in [6, 6.07) is 0. The summed E-state index contributed by atoms with van der Waals surface area (Å²) in [5.41, 5.74) is -1.84. The van der Waals surface area contributed by atoms with E-state index in [1.807, 2.05) is 6.92 Å². The zero-order valence-electron chi connectivity index (χ0n) is 12.2. The smallest absolute Gasteiger partial charge is 0.328 e. The SMILES string of the molecule is C/C(=C/C(=O)O)CC[C@]1(O)[C@@]2(C)CO[C@]1(C)CC(=O)C2. The number of carbonyl (C=O) groups excluding carboxylic acids is 1. The Kier molecular flexibility index (Phi) is 3.55. The second-order valence-corrected chi connectivity index (χ2v) is 6.66. The monoisotopic (exact) mass is 282 g/mol. The lowest BCUT2D eigenvalue weighted by molar-refractivity contribution is -0.170. The van der Waals surface area contributed by atoms with Crippen LogP contribution in [0.5, 0.6) is 0 Å². The van der Waals surface area contributed by atoms with Crippen molar-refractivity contribution in [2.75, 3.05) is 6.61 Å². The number of ketones is 1. The second kappa shape index (κ2) is 4.67. The highest BCUT2D eigenvalue weighted by atomic mass is 16.5. The minimum absolute atomic E-state index is 0.120. The Morgan fingerprint density at radius 2 is 2.05 bits per heavy atom. The van der Waals surface area contributed by atoms with Gasteiger partial charge >= 0.3 is 5.97 Å². The summed E-state index contributed by atoms with van der Waals surface area (Å²) in [5.74, 6) is -0.861. The molecular weight excluding hydrogens is 260 g/mol. The van der Waals surface area contributed by atoms with Crippen LogP contribution in [0.1, 0.15) is 46.5 Å². The maximum absolute atomic E-state index is 11.8. The lowest BCUT2D eigenvalue weighted by Crippen LogP contribution is -2.61. The van der Waals surface area contributed by atoms with E-state index in [9.17, 15) is 14.7 Å². The number of ether oxygens (including phenoxy) is 1. The molecule has 5 nitrogen and oxygen atoms in total. The highest BCUT2D eigenvalue weighted by Crippen LogP contribution is 2.57. The Morgan fingerprint density at radius 3 is 2.60 bits per heavy atom. The van der Waals surface area contributed by atoms with Crippen molar-refractivity contribution in [2.45, 2.75) is 57.7 Å². The van der Waals surface area contributed by atoms with Crippen molar-refractivity contribution in [3.63, 3.8) is 0 Å². The summed E-state index contributed by atoms with van der Waals surface area (Å²) in [6.07, 6.45) is 2.58. The molecule has 0 radical (unpaired) electrons. The number of aliphatic carboxylic acids is 1. The number of carboxylic acid groups (broad SMARTS) is 1. The average Bonchev–Trinajstić information content (AvgIpc) is 2.43. The minimum Gasteiger partial charge on any atom is -0.478 e. The normalized spacial score (nSPS) is 41.0. The summed E-state index contributed by atoms with van der Waals surface area (Å²) in [7, 11) is 0. The molecule has 5 heteroatoms. The van der Waals surface area contributed by atoms with Crippen LogP contribution < -0.4 is 0 Å². The Morgan fingerprint density at radius 1 is 1.40 bits per heavy atom. The van der Waals surface area contributed by atoms with Gasteiger partial charge in [0.05, 0.1) is 6.61 Å². The number of fused-ring (bicyclic) bond motifs is 2. The molecule has 20 heavy (non-hydrogen) atoms. The van der Waals surface area contributed by atoms with Gasteiger partial charge in [-0.15, -0.1) is 0 Å². The van der Waals surface area contributed by atoms with E-state index in [0.29, 0.717) is 31.4 Å². The third kappa shape index (κ3) is 2.19. The number of hydrogen-bond acceptors (Lipinski definition) is 4. The lowest BCUT2D eigenvalue weighted by Gasteiger charge is -2.49. The predicted octanol–water partition coefficient (Wildman–Crippen LogP) is 1.69. The van der Waals surface area contributed by atoms with Gasteiger partial charge in [0, 0.05) is 24.3 Å². The van der Waals surface area contributed by atoms with Crippen LogP contribution in [0, 0.1) is 5.41 Å². The third-order valence-electron chi connectivity index (χ3n) is 4.96. The molecule has 2 aliphatic rings. The van der Waals surface area contributed by atoms with Crippen LogP contribution >= 0.6 is 0 Å². The largest absolute Gasteiger partial charge is 0.478 e. The topological polar surface area (TPSA) is 83.8 Å². The van der Waals surface area contributed by atoms with Crippen molar-refractivity contribution in [3.05, 3.63) is 11.6 Å². The van der Waals surface area contributed by atoms with Crippen molar-refractivity contribution in [3.8, 4) is 0 Å². The van der Waals surface area contributed by atoms with Crippen LogP contribution in [0.15, 0.2) is 11.6 Å². The molecule has 2 fully saturated rings. The van der Waals surface area contributed by atoms with Crippen molar-refractivity contribution >= 4 is 11.8 Å². The van der Waals surface area contributed by atoms with Gasteiger partial charge in [-0.05, 0) is 26.7 Å². The highest BCUT2D eigenvalue weighted by Gasteiger charge is 2.67. The summed E-state index contributed by atoms with van der Waals surface area (Å²) >= 11 is 0. The molecule has 0 unspecified atom stereocenters. The van der Waals surface area contributed by atoms with Gasteiger partial charge in [-0.3, -0.25) is 4.79 Å². The zero-order valence-corrected chi connectivity index (χ0v) is 12.2. The molecule has 0 aromatic rings. The van der Waals surface area contributed by atoms with Crippen LogP contribution in [0.2, 0.25) is 0 Å². The molecule has 3 atom stereocenters. The molecule has 112 valence electrons. The van der Waals surface area contributed by atoms with Crippen LogP contribution in [-0.2, 0) is 14.3 Å². The van der Waals surface area contributed by atoms with Crippen LogP contribution in [0.3, 0.4) is 0 Å². The molecular formula is C15H22O5. The fourth-order valence-corrected chi connectivity index (χ4v) is 3.69. The summed E-state index contributed by atoms with van der Waals surface area (Å²) in [6.45, 7) is 5.77. The first-order valence-corrected chi connectivity index (χ1v) is 6.90.